The number of benzene rings is 1. The summed E-state index contributed by atoms with van der Waals surface area (Å²) in [7, 11) is 0. The molecule has 0 bridgehead atoms. The number of anilines is 3. The van der Waals surface area contributed by atoms with Crippen molar-refractivity contribution < 1.29 is 13.9 Å². The number of pyridine rings is 2. The summed E-state index contributed by atoms with van der Waals surface area (Å²) in [6, 6.07) is 9.14. The SMILES string of the molecule is C[C@@H]1Oc2cc(N3CCCC3=O)ccc2-c2cnc(Nc3cncc(F)c3)cc21. The topological polar surface area (TPSA) is 67.3 Å². The van der Waals surface area contributed by atoms with Crippen molar-refractivity contribution in [2.24, 2.45) is 0 Å². The molecular formula is C22H19FN4O2. The van der Waals surface area contributed by atoms with Gasteiger partial charge < -0.3 is 15.0 Å². The number of rotatable bonds is 3. The maximum atomic E-state index is 13.4. The molecule has 2 aliphatic rings. The number of ether oxygens (including phenoxy) is 1. The van der Waals surface area contributed by atoms with Crippen molar-refractivity contribution in [1.29, 1.82) is 0 Å². The monoisotopic (exact) mass is 390 g/mol. The second-order valence-corrected chi connectivity index (χ2v) is 7.26. The lowest BCUT2D eigenvalue weighted by Gasteiger charge is -2.28. The molecule has 1 aromatic carbocycles. The van der Waals surface area contributed by atoms with E-state index in [4.69, 9.17) is 4.74 Å². The Morgan fingerprint density at radius 3 is 2.86 bits per heavy atom. The van der Waals surface area contributed by atoms with Gasteiger partial charge in [-0.3, -0.25) is 9.78 Å². The van der Waals surface area contributed by atoms with Gasteiger partial charge in [0.25, 0.3) is 0 Å². The lowest BCUT2D eigenvalue weighted by molar-refractivity contribution is -0.117. The van der Waals surface area contributed by atoms with E-state index in [1.165, 1.54) is 6.07 Å². The molecule has 6 nitrogen and oxygen atoms in total. The van der Waals surface area contributed by atoms with E-state index >= 15 is 0 Å². The Morgan fingerprint density at radius 2 is 2.07 bits per heavy atom. The summed E-state index contributed by atoms with van der Waals surface area (Å²) in [6.45, 7) is 2.72. The van der Waals surface area contributed by atoms with Gasteiger partial charge in [0, 0.05) is 53.7 Å². The minimum Gasteiger partial charge on any atom is -0.485 e. The molecule has 7 heteroatoms. The van der Waals surface area contributed by atoms with E-state index in [2.05, 4.69) is 15.3 Å². The molecule has 29 heavy (non-hydrogen) atoms. The van der Waals surface area contributed by atoms with Crippen LogP contribution in [0.25, 0.3) is 11.1 Å². The quantitative estimate of drug-likeness (QED) is 0.708. The average molecular weight is 390 g/mol. The van der Waals surface area contributed by atoms with E-state index in [0.29, 0.717) is 17.9 Å². The number of halogens is 1. The van der Waals surface area contributed by atoms with Crippen molar-refractivity contribution in [3.63, 3.8) is 0 Å². The molecule has 0 unspecified atom stereocenters. The number of carbonyl (C=O) groups is 1. The second kappa shape index (κ2) is 6.84. The zero-order valence-electron chi connectivity index (χ0n) is 15.9. The van der Waals surface area contributed by atoms with Gasteiger partial charge in [-0.1, -0.05) is 0 Å². The molecule has 1 N–H and O–H groups in total. The van der Waals surface area contributed by atoms with Gasteiger partial charge in [0.2, 0.25) is 5.91 Å². The molecule has 2 aliphatic heterocycles. The lowest BCUT2D eigenvalue weighted by atomic mass is 9.94. The maximum absolute atomic E-state index is 13.4. The van der Waals surface area contributed by atoms with Crippen LogP contribution in [-0.4, -0.2) is 22.4 Å². The van der Waals surface area contributed by atoms with Crippen LogP contribution in [0.1, 0.15) is 31.4 Å². The minimum atomic E-state index is -0.411. The molecule has 2 aromatic heterocycles. The van der Waals surface area contributed by atoms with Crippen molar-refractivity contribution in [2.75, 3.05) is 16.8 Å². The van der Waals surface area contributed by atoms with Gasteiger partial charge in [-0.05, 0) is 31.5 Å². The summed E-state index contributed by atoms with van der Waals surface area (Å²) in [5.74, 6) is 1.08. The van der Waals surface area contributed by atoms with Gasteiger partial charge in [0.05, 0.1) is 18.1 Å². The van der Waals surface area contributed by atoms with Crippen molar-refractivity contribution in [3.8, 4) is 16.9 Å². The van der Waals surface area contributed by atoms with Crippen LogP contribution >= 0.6 is 0 Å². The summed E-state index contributed by atoms with van der Waals surface area (Å²) in [6.07, 6.45) is 5.79. The fraction of sp³-hybridized carbons (Fsp3) is 0.227. The normalized spacial score (nSPS) is 17.5. The molecule has 0 spiro atoms. The Morgan fingerprint density at radius 1 is 1.17 bits per heavy atom. The summed E-state index contributed by atoms with van der Waals surface area (Å²) < 4.78 is 19.5. The van der Waals surface area contributed by atoms with Gasteiger partial charge in [0.15, 0.2) is 0 Å². The van der Waals surface area contributed by atoms with Crippen LogP contribution in [0, 0.1) is 5.82 Å². The van der Waals surface area contributed by atoms with Crippen LogP contribution in [0.5, 0.6) is 5.75 Å². The minimum absolute atomic E-state index is 0.151. The summed E-state index contributed by atoms with van der Waals surface area (Å²) in [4.78, 5) is 22.2. The highest BCUT2D eigenvalue weighted by atomic mass is 19.1. The van der Waals surface area contributed by atoms with Crippen LogP contribution in [0.2, 0.25) is 0 Å². The van der Waals surface area contributed by atoms with E-state index in [1.54, 1.807) is 12.4 Å². The van der Waals surface area contributed by atoms with Gasteiger partial charge in [0.1, 0.15) is 23.5 Å². The largest absolute Gasteiger partial charge is 0.485 e. The van der Waals surface area contributed by atoms with Crippen LogP contribution in [-0.2, 0) is 4.79 Å². The number of carbonyl (C=O) groups excluding carboxylic acids is 1. The molecular weight excluding hydrogens is 371 g/mol. The highest BCUT2D eigenvalue weighted by Gasteiger charge is 2.27. The molecule has 5 rings (SSSR count). The van der Waals surface area contributed by atoms with E-state index in [9.17, 15) is 9.18 Å². The highest BCUT2D eigenvalue weighted by Crippen LogP contribution is 2.44. The molecule has 4 heterocycles. The molecule has 0 aliphatic carbocycles. The smallest absolute Gasteiger partial charge is 0.227 e. The Balaban J connectivity index is 1.48. The number of nitrogens with one attached hydrogen (secondary N) is 1. The molecule has 1 fully saturated rings. The predicted octanol–water partition coefficient (Wildman–Crippen LogP) is 4.61. The second-order valence-electron chi connectivity index (χ2n) is 7.26. The molecule has 3 aromatic rings. The molecule has 1 amide bonds. The number of amides is 1. The molecule has 0 saturated carbocycles. The van der Waals surface area contributed by atoms with Crippen LogP contribution in [0.15, 0.2) is 48.9 Å². The lowest BCUT2D eigenvalue weighted by Crippen LogP contribution is -2.24. The summed E-state index contributed by atoms with van der Waals surface area (Å²) in [5.41, 5.74) is 4.32. The standard InChI is InChI=1S/C22H19FN4O2/c1-13-18-9-21(26-15-7-14(23)10-24-11-15)25-12-19(18)17-5-4-16(8-20(17)29-13)27-6-2-3-22(27)28/h4-5,7-13H,2-3,6H2,1H3,(H,25,26)/t13-/m0/s1. The summed E-state index contributed by atoms with van der Waals surface area (Å²) in [5, 5.41) is 3.08. The first kappa shape index (κ1) is 17.6. The first-order valence-corrected chi connectivity index (χ1v) is 9.57. The van der Waals surface area contributed by atoms with Crippen molar-refractivity contribution in [1.82, 2.24) is 9.97 Å². The van der Waals surface area contributed by atoms with E-state index in [0.717, 1.165) is 47.3 Å². The maximum Gasteiger partial charge on any atom is 0.227 e. The van der Waals surface area contributed by atoms with Crippen molar-refractivity contribution >= 4 is 23.1 Å². The van der Waals surface area contributed by atoms with Gasteiger partial charge in [-0.15, -0.1) is 0 Å². The zero-order chi connectivity index (χ0) is 20.0. The predicted molar refractivity (Wildman–Crippen MR) is 108 cm³/mol. The fourth-order valence-electron chi connectivity index (χ4n) is 3.90. The van der Waals surface area contributed by atoms with Crippen LogP contribution in [0.3, 0.4) is 0 Å². The first-order chi connectivity index (χ1) is 14.1. The Hall–Kier alpha value is -3.48. The number of hydrogen-bond acceptors (Lipinski definition) is 5. The number of hydrogen-bond donors (Lipinski definition) is 1. The van der Waals surface area contributed by atoms with E-state index in [1.807, 2.05) is 36.1 Å². The molecule has 1 atom stereocenters. The molecule has 146 valence electrons. The van der Waals surface area contributed by atoms with Crippen molar-refractivity contribution in [2.45, 2.75) is 25.9 Å². The fourth-order valence-corrected chi connectivity index (χ4v) is 3.90. The Kier molecular flexibility index (Phi) is 4.16. The third-order valence-corrected chi connectivity index (χ3v) is 5.30. The number of aromatic nitrogens is 2. The van der Waals surface area contributed by atoms with Gasteiger partial charge in [-0.2, -0.15) is 0 Å². The number of nitrogens with zero attached hydrogens (tertiary/aromatic N) is 3. The van der Waals surface area contributed by atoms with Crippen LogP contribution < -0.4 is 15.0 Å². The zero-order valence-corrected chi connectivity index (χ0v) is 15.9. The Labute approximate surface area is 167 Å². The molecule has 0 radical (unpaired) electrons. The van der Waals surface area contributed by atoms with Crippen molar-refractivity contribution in [3.05, 3.63) is 60.3 Å². The molecule has 1 saturated heterocycles. The van der Waals surface area contributed by atoms with E-state index in [-0.39, 0.29) is 12.0 Å². The Bertz CT molecular complexity index is 1120. The highest BCUT2D eigenvalue weighted by molar-refractivity contribution is 5.96. The first-order valence-electron chi connectivity index (χ1n) is 9.57. The van der Waals surface area contributed by atoms with Gasteiger partial charge >= 0.3 is 0 Å². The third kappa shape index (κ3) is 3.18. The third-order valence-electron chi connectivity index (χ3n) is 5.30. The van der Waals surface area contributed by atoms with E-state index < -0.39 is 5.82 Å². The summed E-state index contributed by atoms with van der Waals surface area (Å²) >= 11 is 0. The van der Waals surface area contributed by atoms with Gasteiger partial charge in [-0.25, -0.2) is 9.37 Å². The van der Waals surface area contributed by atoms with Crippen LogP contribution in [0.4, 0.5) is 21.6 Å². The number of fused-ring (bicyclic) bond motifs is 3. The average Bonchev–Trinajstić information content (AvgIpc) is 3.14.